The molecule has 112 valence electrons. The molecule has 1 amide bonds. The second kappa shape index (κ2) is 5.73. The van der Waals surface area contributed by atoms with E-state index >= 15 is 0 Å². The molecule has 1 aromatic heterocycles. The van der Waals surface area contributed by atoms with Gasteiger partial charge in [0, 0.05) is 25.3 Å². The molecule has 0 saturated heterocycles. The van der Waals surface area contributed by atoms with E-state index in [0.717, 1.165) is 5.69 Å². The van der Waals surface area contributed by atoms with Crippen LogP contribution in [0.1, 0.15) is 10.4 Å². The summed E-state index contributed by atoms with van der Waals surface area (Å²) in [5.74, 6) is -0.545. The van der Waals surface area contributed by atoms with Gasteiger partial charge in [0.2, 0.25) is 0 Å². The number of anilines is 2. The van der Waals surface area contributed by atoms with Gasteiger partial charge in [0.1, 0.15) is 5.82 Å². The number of thiazole rings is 1. The normalized spacial score (nSPS) is 10.7. The van der Waals surface area contributed by atoms with Crippen molar-refractivity contribution in [3.63, 3.8) is 0 Å². The highest BCUT2D eigenvalue weighted by Gasteiger charge is 2.11. The van der Waals surface area contributed by atoms with Crippen LogP contribution >= 0.6 is 11.3 Å². The van der Waals surface area contributed by atoms with Gasteiger partial charge in [-0.1, -0.05) is 17.4 Å². The summed E-state index contributed by atoms with van der Waals surface area (Å²) in [4.78, 5) is 18.5. The molecule has 6 heteroatoms. The summed E-state index contributed by atoms with van der Waals surface area (Å²) >= 11 is 1.25. The van der Waals surface area contributed by atoms with E-state index in [1.807, 2.05) is 37.2 Å². The monoisotopic (exact) mass is 315 g/mol. The van der Waals surface area contributed by atoms with Crippen LogP contribution in [-0.4, -0.2) is 25.0 Å². The molecule has 0 spiro atoms. The van der Waals surface area contributed by atoms with Crippen LogP contribution in [0.5, 0.6) is 0 Å². The van der Waals surface area contributed by atoms with Crippen molar-refractivity contribution in [2.24, 2.45) is 0 Å². The number of hydrogen-bond donors (Lipinski definition) is 1. The van der Waals surface area contributed by atoms with E-state index in [1.165, 1.54) is 23.5 Å². The lowest BCUT2D eigenvalue weighted by Gasteiger charge is -2.13. The fraction of sp³-hybridized carbons (Fsp3) is 0.125. The summed E-state index contributed by atoms with van der Waals surface area (Å²) in [5, 5.41) is 3.22. The number of amides is 1. The molecule has 2 aromatic carbocycles. The third-order valence-electron chi connectivity index (χ3n) is 3.20. The maximum atomic E-state index is 13.2. The molecule has 0 aliphatic carbocycles. The lowest BCUT2D eigenvalue weighted by molar-refractivity contribution is 0.102. The Morgan fingerprint density at radius 2 is 2.05 bits per heavy atom. The summed E-state index contributed by atoms with van der Waals surface area (Å²) in [6.45, 7) is 0. The molecule has 0 saturated carbocycles. The van der Waals surface area contributed by atoms with Crippen molar-refractivity contribution in [1.29, 1.82) is 0 Å². The number of halogens is 1. The van der Waals surface area contributed by atoms with Crippen LogP contribution in [-0.2, 0) is 0 Å². The minimum atomic E-state index is -0.312. The van der Waals surface area contributed by atoms with Gasteiger partial charge in [-0.15, -0.1) is 0 Å². The van der Waals surface area contributed by atoms with Crippen LogP contribution in [0.3, 0.4) is 0 Å². The van der Waals surface area contributed by atoms with E-state index < -0.39 is 0 Å². The number of nitrogens with zero attached hydrogens (tertiary/aromatic N) is 2. The average Bonchev–Trinajstić information content (AvgIpc) is 2.88. The fourth-order valence-corrected chi connectivity index (χ4v) is 2.93. The molecule has 1 N–H and O–H groups in total. The number of hydrogen-bond acceptors (Lipinski definition) is 4. The third kappa shape index (κ3) is 2.92. The summed E-state index contributed by atoms with van der Waals surface area (Å²) in [6, 6.07) is 11.7. The molecule has 3 aromatic rings. The van der Waals surface area contributed by atoms with Crippen molar-refractivity contribution in [2.75, 3.05) is 24.3 Å². The summed E-state index contributed by atoms with van der Waals surface area (Å²) in [6.07, 6.45) is 0. The molecule has 0 bridgehead atoms. The highest BCUT2D eigenvalue weighted by Crippen LogP contribution is 2.27. The highest BCUT2D eigenvalue weighted by molar-refractivity contribution is 7.22. The van der Waals surface area contributed by atoms with E-state index in [4.69, 9.17) is 0 Å². The van der Waals surface area contributed by atoms with E-state index in [2.05, 4.69) is 10.3 Å². The molecule has 4 nitrogen and oxygen atoms in total. The Hall–Kier alpha value is -2.47. The summed E-state index contributed by atoms with van der Waals surface area (Å²) < 4.78 is 13.9. The molecule has 0 unspecified atom stereocenters. The Bertz CT molecular complexity index is 844. The zero-order valence-electron chi connectivity index (χ0n) is 12.1. The second-order valence-corrected chi connectivity index (χ2v) is 6.06. The average molecular weight is 315 g/mol. The van der Waals surface area contributed by atoms with Crippen LogP contribution in [0.25, 0.3) is 10.2 Å². The summed E-state index contributed by atoms with van der Waals surface area (Å²) in [5.41, 5.74) is 2.17. The van der Waals surface area contributed by atoms with Crippen molar-refractivity contribution < 1.29 is 9.18 Å². The molecule has 22 heavy (non-hydrogen) atoms. The van der Waals surface area contributed by atoms with Gasteiger partial charge in [-0.3, -0.25) is 10.1 Å². The molecule has 1 heterocycles. The molecule has 0 fully saturated rings. The van der Waals surface area contributed by atoms with Gasteiger partial charge in [-0.05, 0) is 36.4 Å². The number of rotatable bonds is 3. The minimum absolute atomic E-state index is 0.233. The quantitative estimate of drug-likeness (QED) is 0.800. The van der Waals surface area contributed by atoms with E-state index in [1.54, 1.807) is 12.1 Å². The highest BCUT2D eigenvalue weighted by atomic mass is 32.1. The first-order valence-corrected chi connectivity index (χ1v) is 7.49. The summed E-state index contributed by atoms with van der Waals surface area (Å²) in [7, 11) is 3.83. The van der Waals surface area contributed by atoms with Crippen LogP contribution in [0.15, 0.2) is 42.5 Å². The van der Waals surface area contributed by atoms with Crippen LogP contribution in [0.4, 0.5) is 15.2 Å². The Morgan fingerprint density at radius 3 is 2.82 bits per heavy atom. The van der Waals surface area contributed by atoms with Crippen molar-refractivity contribution in [1.82, 2.24) is 4.98 Å². The first-order chi connectivity index (χ1) is 10.5. The topological polar surface area (TPSA) is 45.2 Å². The molecule has 0 aliphatic heterocycles. The van der Waals surface area contributed by atoms with Crippen LogP contribution in [0.2, 0.25) is 0 Å². The van der Waals surface area contributed by atoms with Crippen molar-refractivity contribution in [2.45, 2.75) is 0 Å². The van der Waals surface area contributed by atoms with Gasteiger partial charge >= 0.3 is 0 Å². The van der Waals surface area contributed by atoms with E-state index in [9.17, 15) is 9.18 Å². The smallest absolute Gasteiger partial charge is 0.257 e. The predicted molar refractivity (Wildman–Crippen MR) is 88.3 cm³/mol. The standard InChI is InChI=1S/C16H14FN3OS/c1-20(2)12-5-3-4-10(8-12)15(21)19-16-18-13-7-6-11(17)9-14(13)22-16/h3-9H,1-2H3,(H,18,19,21). The second-order valence-electron chi connectivity index (χ2n) is 5.03. The molecule has 0 atom stereocenters. The van der Waals surface area contributed by atoms with Gasteiger partial charge in [-0.25, -0.2) is 9.37 Å². The lowest BCUT2D eigenvalue weighted by atomic mass is 10.2. The Labute approximate surface area is 131 Å². The molecule has 0 radical (unpaired) electrons. The Balaban J connectivity index is 1.84. The fourth-order valence-electron chi connectivity index (χ4n) is 2.05. The van der Waals surface area contributed by atoms with Crippen LogP contribution < -0.4 is 10.2 Å². The van der Waals surface area contributed by atoms with Gasteiger partial charge < -0.3 is 4.90 Å². The molecular formula is C16H14FN3OS. The first-order valence-electron chi connectivity index (χ1n) is 6.68. The van der Waals surface area contributed by atoms with Crippen LogP contribution in [0, 0.1) is 5.82 Å². The number of carbonyl (C=O) groups is 1. The number of fused-ring (bicyclic) bond motifs is 1. The number of benzene rings is 2. The zero-order valence-corrected chi connectivity index (χ0v) is 12.9. The predicted octanol–water partition coefficient (Wildman–Crippen LogP) is 3.75. The van der Waals surface area contributed by atoms with Gasteiger partial charge in [0.05, 0.1) is 10.2 Å². The Morgan fingerprint density at radius 1 is 1.23 bits per heavy atom. The molecule has 0 aliphatic rings. The SMILES string of the molecule is CN(C)c1cccc(C(=O)Nc2nc3ccc(F)cc3s2)c1. The maximum Gasteiger partial charge on any atom is 0.257 e. The number of aromatic nitrogens is 1. The van der Waals surface area contributed by atoms with E-state index in [0.29, 0.717) is 20.9 Å². The Kier molecular flexibility index (Phi) is 3.77. The number of nitrogens with one attached hydrogen (secondary N) is 1. The molecule has 3 rings (SSSR count). The van der Waals surface area contributed by atoms with Gasteiger partial charge in [-0.2, -0.15) is 0 Å². The van der Waals surface area contributed by atoms with Crippen molar-refractivity contribution in [3.05, 3.63) is 53.8 Å². The van der Waals surface area contributed by atoms with Gasteiger partial charge in [0.25, 0.3) is 5.91 Å². The minimum Gasteiger partial charge on any atom is -0.378 e. The zero-order chi connectivity index (χ0) is 15.7. The molecular weight excluding hydrogens is 301 g/mol. The lowest BCUT2D eigenvalue weighted by Crippen LogP contribution is -2.14. The van der Waals surface area contributed by atoms with Crippen molar-refractivity contribution in [3.8, 4) is 0 Å². The maximum absolute atomic E-state index is 13.2. The van der Waals surface area contributed by atoms with Crippen molar-refractivity contribution >= 4 is 38.3 Å². The van der Waals surface area contributed by atoms with Gasteiger partial charge in [0.15, 0.2) is 5.13 Å². The van der Waals surface area contributed by atoms with E-state index in [-0.39, 0.29) is 11.7 Å². The largest absolute Gasteiger partial charge is 0.378 e. The third-order valence-corrected chi connectivity index (χ3v) is 4.13. The first kappa shape index (κ1) is 14.5. The number of carbonyl (C=O) groups excluding carboxylic acids is 1.